The molecule has 64 valence electrons. The molecular weight excluding hydrogens is 164 g/mol. The SMILES string of the molecule is C#CCCOc1ccc(C#N)cn1. The topological polar surface area (TPSA) is 45.9 Å². The largest absolute Gasteiger partial charge is 0.477 e. The third kappa shape index (κ3) is 2.84. The molecule has 0 fully saturated rings. The molecule has 0 N–H and O–H groups in total. The Bertz CT molecular complexity index is 343. The van der Waals surface area contributed by atoms with Gasteiger partial charge >= 0.3 is 0 Å². The highest BCUT2D eigenvalue weighted by molar-refractivity contribution is 5.28. The second-order valence-corrected chi connectivity index (χ2v) is 2.30. The molecule has 0 atom stereocenters. The fourth-order valence-corrected chi connectivity index (χ4v) is 0.746. The number of pyridine rings is 1. The molecule has 13 heavy (non-hydrogen) atoms. The smallest absolute Gasteiger partial charge is 0.213 e. The van der Waals surface area contributed by atoms with E-state index in [1.54, 1.807) is 12.1 Å². The van der Waals surface area contributed by atoms with Crippen molar-refractivity contribution < 1.29 is 4.74 Å². The summed E-state index contributed by atoms with van der Waals surface area (Å²) >= 11 is 0. The molecule has 0 aromatic carbocycles. The Hall–Kier alpha value is -2.00. The maximum Gasteiger partial charge on any atom is 0.213 e. The average Bonchev–Trinajstić information content (AvgIpc) is 2.19. The van der Waals surface area contributed by atoms with Crippen molar-refractivity contribution in [3.05, 3.63) is 23.9 Å². The number of nitrogens with zero attached hydrogens (tertiary/aromatic N) is 2. The molecule has 1 aromatic rings. The van der Waals surface area contributed by atoms with E-state index >= 15 is 0 Å². The first-order valence-corrected chi connectivity index (χ1v) is 3.79. The van der Waals surface area contributed by atoms with Gasteiger partial charge in [-0.05, 0) is 6.07 Å². The summed E-state index contributed by atoms with van der Waals surface area (Å²) in [5.41, 5.74) is 0.518. The van der Waals surface area contributed by atoms with Gasteiger partial charge in [-0.25, -0.2) is 4.98 Å². The summed E-state index contributed by atoms with van der Waals surface area (Å²) in [5.74, 6) is 2.95. The second-order valence-electron chi connectivity index (χ2n) is 2.30. The van der Waals surface area contributed by atoms with E-state index in [0.717, 1.165) is 0 Å². The van der Waals surface area contributed by atoms with Crippen LogP contribution in [0.4, 0.5) is 0 Å². The quantitative estimate of drug-likeness (QED) is 0.510. The maximum absolute atomic E-state index is 8.49. The maximum atomic E-state index is 8.49. The summed E-state index contributed by atoms with van der Waals surface area (Å²) in [6.07, 6.45) is 7.07. The van der Waals surface area contributed by atoms with E-state index in [-0.39, 0.29) is 0 Å². The zero-order valence-corrected chi connectivity index (χ0v) is 7.03. The Labute approximate surface area is 77.0 Å². The van der Waals surface area contributed by atoms with Gasteiger partial charge in [0.05, 0.1) is 5.56 Å². The molecule has 1 heterocycles. The molecule has 0 radical (unpaired) electrons. The zero-order valence-electron chi connectivity index (χ0n) is 7.03. The van der Waals surface area contributed by atoms with Crippen LogP contribution in [0.25, 0.3) is 0 Å². The van der Waals surface area contributed by atoms with Gasteiger partial charge in [-0.2, -0.15) is 5.26 Å². The molecule has 0 aliphatic heterocycles. The standard InChI is InChI=1S/C10H8N2O/c1-2-3-6-13-10-5-4-9(7-11)8-12-10/h1,4-5,8H,3,6H2. The number of aromatic nitrogens is 1. The van der Waals surface area contributed by atoms with Gasteiger partial charge in [-0.15, -0.1) is 12.3 Å². The van der Waals surface area contributed by atoms with Gasteiger partial charge in [0.15, 0.2) is 0 Å². The number of hydrogen-bond donors (Lipinski definition) is 0. The van der Waals surface area contributed by atoms with Gasteiger partial charge in [0.25, 0.3) is 0 Å². The second kappa shape index (κ2) is 4.79. The van der Waals surface area contributed by atoms with Crippen LogP contribution in [0.5, 0.6) is 5.88 Å². The minimum Gasteiger partial charge on any atom is -0.477 e. The summed E-state index contributed by atoms with van der Waals surface area (Å²) in [7, 11) is 0. The van der Waals surface area contributed by atoms with Crippen LogP contribution in [0.1, 0.15) is 12.0 Å². The monoisotopic (exact) mass is 172 g/mol. The van der Waals surface area contributed by atoms with Crippen LogP contribution in [0.3, 0.4) is 0 Å². The molecule has 0 saturated heterocycles. The summed E-state index contributed by atoms with van der Waals surface area (Å²) in [6.45, 7) is 0.454. The molecule has 1 rings (SSSR count). The van der Waals surface area contributed by atoms with Gasteiger partial charge in [0.1, 0.15) is 12.7 Å². The van der Waals surface area contributed by atoms with Gasteiger partial charge in [0, 0.05) is 18.7 Å². The molecule has 3 heteroatoms. The van der Waals surface area contributed by atoms with E-state index in [1.165, 1.54) is 6.20 Å². The van der Waals surface area contributed by atoms with Gasteiger partial charge in [-0.3, -0.25) is 0 Å². The van der Waals surface area contributed by atoms with Gasteiger partial charge in [-0.1, -0.05) is 0 Å². The van der Waals surface area contributed by atoms with E-state index in [2.05, 4.69) is 10.9 Å². The van der Waals surface area contributed by atoms with Gasteiger partial charge in [0.2, 0.25) is 5.88 Å². The fraction of sp³-hybridized carbons (Fsp3) is 0.200. The summed E-state index contributed by atoms with van der Waals surface area (Å²) in [5, 5.41) is 8.49. The van der Waals surface area contributed by atoms with Crippen molar-refractivity contribution in [3.8, 4) is 24.3 Å². The predicted octanol–water partition coefficient (Wildman–Crippen LogP) is 1.36. The van der Waals surface area contributed by atoms with E-state index in [1.807, 2.05) is 6.07 Å². The van der Waals surface area contributed by atoms with Crippen molar-refractivity contribution in [2.24, 2.45) is 0 Å². The van der Waals surface area contributed by atoms with E-state index in [0.29, 0.717) is 24.5 Å². The van der Waals surface area contributed by atoms with Crippen LogP contribution in [0.15, 0.2) is 18.3 Å². The van der Waals surface area contributed by atoms with E-state index in [4.69, 9.17) is 16.4 Å². The molecule has 3 nitrogen and oxygen atoms in total. The lowest BCUT2D eigenvalue weighted by molar-refractivity contribution is 0.314. The minimum atomic E-state index is 0.454. The molecule has 0 aliphatic rings. The highest BCUT2D eigenvalue weighted by Crippen LogP contribution is 2.06. The Morgan fingerprint density at radius 2 is 2.38 bits per heavy atom. The zero-order chi connectivity index (χ0) is 9.52. The highest BCUT2D eigenvalue weighted by atomic mass is 16.5. The molecule has 0 unspecified atom stereocenters. The lowest BCUT2D eigenvalue weighted by Crippen LogP contribution is -1.97. The number of rotatable bonds is 3. The fourth-order valence-electron chi connectivity index (χ4n) is 0.746. The Balaban J connectivity index is 2.52. The summed E-state index contributed by atoms with van der Waals surface area (Å²) in [6, 6.07) is 5.27. The van der Waals surface area contributed by atoms with Crippen molar-refractivity contribution in [2.75, 3.05) is 6.61 Å². The molecule has 0 aliphatic carbocycles. The Morgan fingerprint density at radius 1 is 1.54 bits per heavy atom. The third-order valence-corrected chi connectivity index (χ3v) is 1.36. The molecule has 1 aromatic heterocycles. The van der Waals surface area contributed by atoms with E-state index < -0.39 is 0 Å². The Morgan fingerprint density at radius 3 is 2.92 bits per heavy atom. The van der Waals surface area contributed by atoms with Crippen LogP contribution in [0, 0.1) is 23.7 Å². The highest BCUT2D eigenvalue weighted by Gasteiger charge is 1.94. The predicted molar refractivity (Wildman–Crippen MR) is 47.9 cm³/mol. The third-order valence-electron chi connectivity index (χ3n) is 1.36. The molecule has 0 saturated carbocycles. The normalized spacial score (nSPS) is 8.46. The number of terminal acetylenes is 1. The number of nitriles is 1. The van der Waals surface area contributed by atoms with Crippen LogP contribution in [-0.2, 0) is 0 Å². The van der Waals surface area contributed by atoms with Gasteiger partial charge < -0.3 is 4.74 Å². The lowest BCUT2D eigenvalue weighted by atomic mass is 10.3. The Kier molecular flexibility index (Phi) is 3.35. The van der Waals surface area contributed by atoms with E-state index in [9.17, 15) is 0 Å². The summed E-state index contributed by atoms with van der Waals surface area (Å²) in [4.78, 5) is 3.91. The lowest BCUT2D eigenvalue weighted by Gasteiger charge is -2.01. The summed E-state index contributed by atoms with van der Waals surface area (Å²) < 4.78 is 5.18. The van der Waals surface area contributed by atoms with Crippen molar-refractivity contribution in [1.29, 1.82) is 5.26 Å². The minimum absolute atomic E-state index is 0.454. The van der Waals surface area contributed by atoms with Crippen LogP contribution < -0.4 is 4.74 Å². The molecule has 0 bridgehead atoms. The van der Waals surface area contributed by atoms with Crippen molar-refractivity contribution in [3.63, 3.8) is 0 Å². The molecule has 0 spiro atoms. The van der Waals surface area contributed by atoms with Crippen molar-refractivity contribution >= 4 is 0 Å². The number of ether oxygens (including phenoxy) is 1. The molecular formula is C10H8N2O. The van der Waals surface area contributed by atoms with Crippen molar-refractivity contribution in [2.45, 2.75) is 6.42 Å². The first-order chi connectivity index (χ1) is 6.36. The first-order valence-electron chi connectivity index (χ1n) is 3.79. The molecule has 0 amide bonds. The average molecular weight is 172 g/mol. The van der Waals surface area contributed by atoms with Crippen LogP contribution >= 0.6 is 0 Å². The first kappa shape index (κ1) is 9.09. The van der Waals surface area contributed by atoms with Crippen LogP contribution in [-0.4, -0.2) is 11.6 Å². The number of hydrogen-bond acceptors (Lipinski definition) is 3. The van der Waals surface area contributed by atoms with Crippen molar-refractivity contribution in [1.82, 2.24) is 4.98 Å². The van der Waals surface area contributed by atoms with Crippen LogP contribution in [0.2, 0.25) is 0 Å².